The first-order valence-electron chi connectivity index (χ1n) is 6.15. The molecule has 0 radical (unpaired) electrons. The van der Waals surface area contributed by atoms with Crippen molar-refractivity contribution in [2.24, 2.45) is 5.92 Å². The molecule has 17 heavy (non-hydrogen) atoms. The summed E-state index contributed by atoms with van der Waals surface area (Å²) in [5.41, 5.74) is 1.12. The van der Waals surface area contributed by atoms with Gasteiger partial charge in [0.15, 0.2) is 0 Å². The number of nitrogens with zero attached hydrogens (tertiary/aromatic N) is 1. The van der Waals surface area contributed by atoms with Crippen LogP contribution >= 0.6 is 0 Å². The Kier molecular flexibility index (Phi) is 2.85. The summed E-state index contributed by atoms with van der Waals surface area (Å²) < 4.78 is 20.7. The molecule has 1 aliphatic rings. The van der Waals surface area contributed by atoms with E-state index in [0.717, 1.165) is 43.5 Å². The van der Waals surface area contributed by atoms with Gasteiger partial charge in [0.1, 0.15) is 5.82 Å². The molecule has 3 rings (SSSR count). The third-order valence-electron chi connectivity index (χ3n) is 3.53. The van der Waals surface area contributed by atoms with E-state index in [9.17, 15) is 4.39 Å². The van der Waals surface area contributed by atoms with Crippen LogP contribution in [0.5, 0.6) is 0 Å². The fourth-order valence-electron chi connectivity index (χ4n) is 2.54. The molecule has 1 aromatic heterocycles. The molecule has 1 fully saturated rings. The second-order valence-electron chi connectivity index (χ2n) is 4.73. The Labute approximate surface area is 100.0 Å². The highest BCUT2D eigenvalue weighted by Crippen LogP contribution is 2.22. The SMILES string of the molecule is Fc1ccc2c(ccn2CC2CCOCC2)c1. The summed E-state index contributed by atoms with van der Waals surface area (Å²) in [6.45, 7) is 2.76. The largest absolute Gasteiger partial charge is 0.381 e. The Morgan fingerprint density at radius 3 is 2.88 bits per heavy atom. The van der Waals surface area contributed by atoms with E-state index in [-0.39, 0.29) is 5.82 Å². The van der Waals surface area contributed by atoms with Gasteiger partial charge >= 0.3 is 0 Å². The summed E-state index contributed by atoms with van der Waals surface area (Å²) in [6.07, 6.45) is 4.31. The molecule has 0 spiro atoms. The minimum Gasteiger partial charge on any atom is -0.381 e. The number of hydrogen-bond acceptors (Lipinski definition) is 1. The van der Waals surface area contributed by atoms with Gasteiger partial charge in [0, 0.05) is 36.9 Å². The minimum absolute atomic E-state index is 0.165. The van der Waals surface area contributed by atoms with Crippen LogP contribution < -0.4 is 0 Å². The standard InChI is InChI=1S/C14H16FNO/c15-13-1-2-14-12(9-13)3-6-16(14)10-11-4-7-17-8-5-11/h1-3,6,9,11H,4-5,7-8,10H2. The fourth-order valence-corrected chi connectivity index (χ4v) is 2.54. The van der Waals surface area contributed by atoms with Gasteiger partial charge in [0.2, 0.25) is 0 Å². The van der Waals surface area contributed by atoms with E-state index in [4.69, 9.17) is 4.74 Å². The topological polar surface area (TPSA) is 14.2 Å². The number of benzene rings is 1. The molecule has 0 saturated carbocycles. The van der Waals surface area contributed by atoms with Crippen molar-refractivity contribution in [1.82, 2.24) is 4.57 Å². The molecular formula is C14H16FNO. The number of rotatable bonds is 2. The minimum atomic E-state index is -0.165. The van der Waals surface area contributed by atoms with Gasteiger partial charge in [-0.05, 0) is 43.0 Å². The summed E-state index contributed by atoms with van der Waals surface area (Å²) in [7, 11) is 0. The Balaban J connectivity index is 1.84. The molecule has 0 N–H and O–H groups in total. The first-order chi connectivity index (χ1) is 8.33. The van der Waals surface area contributed by atoms with Crippen molar-refractivity contribution in [2.75, 3.05) is 13.2 Å². The van der Waals surface area contributed by atoms with Crippen LogP contribution in [0.15, 0.2) is 30.5 Å². The maximum atomic E-state index is 13.1. The van der Waals surface area contributed by atoms with Crippen LogP contribution in [0.1, 0.15) is 12.8 Å². The second-order valence-corrected chi connectivity index (χ2v) is 4.73. The first kappa shape index (κ1) is 10.8. The van der Waals surface area contributed by atoms with E-state index in [2.05, 4.69) is 10.8 Å². The van der Waals surface area contributed by atoms with Gasteiger partial charge in [-0.1, -0.05) is 0 Å². The average Bonchev–Trinajstić information content (AvgIpc) is 2.73. The Bertz CT molecular complexity index is 514. The van der Waals surface area contributed by atoms with Crippen LogP contribution in [0.3, 0.4) is 0 Å². The first-order valence-corrected chi connectivity index (χ1v) is 6.15. The molecule has 0 bridgehead atoms. The van der Waals surface area contributed by atoms with Gasteiger partial charge in [-0.15, -0.1) is 0 Å². The molecule has 3 heteroatoms. The predicted octanol–water partition coefficient (Wildman–Crippen LogP) is 3.21. The quantitative estimate of drug-likeness (QED) is 0.777. The summed E-state index contributed by atoms with van der Waals surface area (Å²) in [5.74, 6) is 0.519. The van der Waals surface area contributed by atoms with Gasteiger partial charge in [0.25, 0.3) is 0 Å². The highest BCUT2D eigenvalue weighted by molar-refractivity contribution is 5.80. The lowest BCUT2D eigenvalue weighted by Crippen LogP contribution is -2.19. The molecule has 2 heterocycles. The lowest BCUT2D eigenvalue weighted by atomic mass is 10.0. The van der Waals surface area contributed by atoms with Gasteiger partial charge < -0.3 is 9.30 Å². The Morgan fingerprint density at radius 1 is 1.24 bits per heavy atom. The normalized spacial score (nSPS) is 17.7. The van der Waals surface area contributed by atoms with E-state index >= 15 is 0 Å². The molecule has 0 atom stereocenters. The van der Waals surface area contributed by atoms with Gasteiger partial charge in [0.05, 0.1) is 0 Å². The maximum absolute atomic E-state index is 13.1. The number of fused-ring (bicyclic) bond motifs is 1. The monoisotopic (exact) mass is 233 g/mol. The summed E-state index contributed by atoms with van der Waals surface area (Å²) in [6, 6.07) is 6.97. The number of ether oxygens (including phenoxy) is 1. The van der Waals surface area contributed by atoms with Crippen molar-refractivity contribution < 1.29 is 9.13 Å². The summed E-state index contributed by atoms with van der Waals surface area (Å²) in [5, 5.41) is 0.983. The van der Waals surface area contributed by atoms with Gasteiger partial charge in [-0.2, -0.15) is 0 Å². The molecule has 1 aliphatic heterocycles. The lowest BCUT2D eigenvalue weighted by molar-refractivity contribution is 0.0616. The zero-order valence-corrected chi connectivity index (χ0v) is 9.73. The Morgan fingerprint density at radius 2 is 2.06 bits per heavy atom. The Hall–Kier alpha value is -1.35. The second kappa shape index (κ2) is 4.49. The molecule has 2 aromatic rings. The number of aromatic nitrogens is 1. The highest BCUT2D eigenvalue weighted by atomic mass is 19.1. The lowest BCUT2D eigenvalue weighted by Gasteiger charge is -2.22. The molecule has 0 aliphatic carbocycles. The van der Waals surface area contributed by atoms with Crippen molar-refractivity contribution in [3.63, 3.8) is 0 Å². The molecule has 0 unspecified atom stereocenters. The highest BCUT2D eigenvalue weighted by Gasteiger charge is 2.15. The van der Waals surface area contributed by atoms with E-state index in [1.807, 2.05) is 12.1 Å². The van der Waals surface area contributed by atoms with Gasteiger partial charge in [-0.25, -0.2) is 4.39 Å². The molecule has 1 aromatic carbocycles. The van der Waals surface area contributed by atoms with Crippen LogP contribution in [0, 0.1) is 11.7 Å². The van der Waals surface area contributed by atoms with E-state index < -0.39 is 0 Å². The predicted molar refractivity (Wildman–Crippen MR) is 65.4 cm³/mol. The third kappa shape index (κ3) is 2.20. The van der Waals surface area contributed by atoms with Gasteiger partial charge in [-0.3, -0.25) is 0 Å². The summed E-state index contributed by atoms with van der Waals surface area (Å²) >= 11 is 0. The van der Waals surface area contributed by atoms with E-state index in [0.29, 0.717) is 5.92 Å². The number of hydrogen-bond donors (Lipinski definition) is 0. The van der Waals surface area contributed by atoms with Crippen LogP contribution in [0.25, 0.3) is 10.9 Å². The molecule has 90 valence electrons. The smallest absolute Gasteiger partial charge is 0.123 e. The van der Waals surface area contributed by atoms with Crippen molar-refractivity contribution >= 4 is 10.9 Å². The van der Waals surface area contributed by atoms with Crippen LogP contribution in [0.2, 0.25) is 0 Å². The fraction of sp³-hybridized carbons (Fsp3) is 0.429. The molecule has 1 saturated heterocycles. The van der Waals surface area contributed by atoms with Crippen molar-refractivity contribution in [3.05, 3.63) is 36.3 Å². The zero-order valence-electron chi connectivity index (χ0n) is 9.73. The van der Waals surface area contributed by atoms with E-state index in [1.165, 1.54) is 6.07 Å². The van der Waals surface area contributed by atoms with Crippen molar-refractivity contribution in [1.29, 1.82) is 0 Å². The van der Waals surface area contributed by atoms with E-state index in [1.54, 1.807) is 6.07 Å². The van der Waals surface area contributed by atoms with Crippen LogP contribution in [0.4, 0.5) is 4.39 Å². The maximum Gasteiger partial charge on any atom is 0.123 e. The third-order valence-corrected chi connectivity index (χ3v) is 3.53. The van der Waals surface area contributed by atoms with Crippen molar-refractivity contribution in [2.45, 2.75) is 19.4 Å². The van der Waals surface area contributed by atoms with Crippen molar-refractivity contribution in [3.8, 4) is 0 Å². The number of halogens is 1. The average molecular weight is 233 g/mol. The summed E-state index contributed by atoms with van der Waals surface area (Å²) in [4.78, 5) is 0. The molecule has 0 amide bonds. The zero-order chi connectivity index (χ0) is 11.7. The van der Waals surface area contributed by atoms with Crippen LogP contribution in [-0.2, 0) is 11.3 Å². The molecular weight excluding hydrogens is 217 g/mol. The van der Waals surface area contributed by atoms with Crippen LogP contribution in [-0.4, -0.2) is 17.8 Å². The molecule has 2 nitrogen and oxygen atoms in total.